The lowest BCUT2D eigenvalue weighted by molar-refractivity contribution is -0.146. The molecule has 2 unspecified atom stereocenters. The number of allylic oxidation sites excluding steroid dienone is 1. The van der Waals surface area contributed by atoms with E-state index in [0.717, 1.165) is 5.56 Å². The molecule has 0 bridgehead atoms. The number of rotatable bonds is 7. The zero-order valence-electron chi connectivity index (χ0n) is 17.9. The molecule has 0 N–H and O–H groups in total. The summed E-state index contributed by atoms with van der Waals surface area (Å²) in [7, 11) is 0. The van der Waals surface area contributed by atoms with Gasteiger partial charge in [0.25, 0.3) is 0 Å². The van der Waals surface area contributed by atoms with Crippen molar-refractivity contribution < 1.29 is 23.5 Å². The van der Waals surface area contributed by atoms with E-state index in [-0.39, 0.29) is 18.8 Å². The first-order valence-electron chi connectivity index (χ1n) is 10.4. The molecule has 2 aromatic carbocycles. The highest BCUT2D eigenvalue weighted by Gasteiger charge is 2.41. The number of halogens is 1. The van der Waals surface area contributed by atoms with Crippen molar-refractivity contribution in [2.24, 2.45) is 10.9 Å². The highest BCUT2D eigenvalue weighted by atomic mass is 19.1. The van der Waals surface area contributed by atoms with Gasteiger partial charge in [0, 0.05) is 18.6 Å². The number of hydrogen-bond donors (Lipinski definition) is 0. The zero-order valence-corrected chi connectivity index (χ0v) is 17.9. The van der Waals surface area contributed by atoms with E-state index in [1.54, 1.807) is 32.9 Å². The summed E-state index contributed by atoms with van der Waals surface area (Å²) in [6.07, 6.45) is 1.89. The molecule has 1 aliphatic rings. The van der Waals surface area contributed by atoms with Crippen molar-refractivity contribution >= 4 is 18.2 Å². The third-order valence-electron chi connectivity index (χ3n) is 5.29. The Morgan fingerprint density at radius 3 is 2.39 bits per heavy atom. The topological polar surface area (TPSA) is 65.0 Å². The molecule has 0 radical (unpaired) electrons. The van der Waals surface area contributed by atoms with Crippen molar-refractivity contribution in [1.82, 2.24) is 0 Å². The molecule has 31 heavy (non-hydrogen) atoms. The number of esters is 2. The van der Waals surface area contributed by atoms with Crippen molar-refractivity contribution in [1.29, 1.82) is 0 Å². The molecule has 6 heteroatoms. The van der Waals surface area contributed by atoms with Gasteiger partial charge in [-0.25, -0.2) is 9.18 Å². The average Bonchev–Trinajstić information content (AvgIpc) is 2.76. The van der Waals surface area contributed by atoms with E-state index in [1.165, 1.54) is 12.3 Å². The highest BCUT2D eigenvalue weighted by Crippen LogP contribution is 2.40. The first kappa shape index (κ1) is 22.4. The molecule has 162 valence electrons. The molecule has 0 spiro atoms. The van der Waals surface area contributed by atoms with E-state index >= 15 is 0 Å². The second-order valence-electron chi connectivity index (χ2n) is 7.23. The third-order valence-corrected chi connectivity index (χ3v) is 5.29. The Labute approximate surface area is 181 Å². The van der Waals surface area contributed by atoms with E-state index in [2.05, 4.69) is 4.99 Å². The van der Waals surface area contributed by atoms with E-state index in [4.69, 9.17) is 9.47 Å². The Morgan fingerprint density at radius 2 is 1.71 bits per heavy atom. The van der Waals surface area contributed by atoms with Gasteiger partial charge in [0.15, 0.2) is 0 Å². The molecule has 0 saturated heterocycles. The summed E-state index contributed by atoms with van der Waals surface area (Å²) in [6, 6.07) is 14.2. The molecule has 2 aromatic rings. The Hall–Kier alpha value is -3.28. The van der Waals surface area contributed by atoms with Crippen LogP contribution in [0.3, 0.4) is 0 Å². The van der Waals surface area contributed by atoms with Gasteiger partial charge >= 0.3 is 11.9 Å². The highest BCUT2D eigenvalue weighted by molar-refractivity contribution is 6.00. The number of benzene rings is 2. The lowest BCUT2D eigenvalue weighted by Crippen LogP contribution is -2.34. The SMILES string of the molecule is CCOC(=O)C1=C(Cc2ccccc2)N=CC(C(=O)OCC)C1c1cccc(F)c1C. The van der Waals surface area contributed by atoms with Gasteiger partial charge in [-0.3, -0.25) is 9.79 Å². The minimum atomic E-state index is -0.862. The van der Waals surface area contributed by atoms with Gasteiger partial charge in [-0.15, -0.1) is 0 Å². The largest absolute Gasteiger partial charge is 0.465 e. The molecule has 3 rings (SSSR count). The van der Waals surface area contributed by atoms with Gasteiger partial charge in [0.1, 0.15) is 11.7 Å². The fourth-order valence-electron chi connectivity index (χ4n) is 3.81. The van der Waals surface area contributed by atoms with Crippen LogP contribution >= 0.6 is 0 Å². The van der Waals surface area contributed by atoms with Gasteiger partial charge in [0.05, 0.1) is 24.5 Å². The van der Waals surface area contributed by atoms with Gasteiger partial charge in [-0.05, 0) is 43.5 Å². The van der Waals surface area contributed by atoms with Crippen LogP contribution in [0.4, 0.5) is 4.39 Å². The van der Waals surface area contributed by atoms with Gasteiger partial charge < -0.3 is 9.47 Å². The van der Waals surface area contributed by atoms with E-state index in [9.17, 15) is 14.0 Å². The minimum Gasteiger partial charge on any atom is -0.465 e. The molecular weight excluding hydrogens is 397 g/mol. The number of carbonyl (C=O) groups excluding carboxylic acids is 2. The standard InChI is InChI=1S/C25H26FNO4/c1-4-30-24(28)19-15-27-21(14-17-10-7-6-8-11-17)23(25(29)31-5-2)22(19)18-12-9-13-20(26)16(18)3/h6-13,15,19,22H,4-5,14H2,1-3H3. The van der Waals surface area contributed by atoms with E-state index in [0.29, 0.717) is 23.2 Å². The van der Waals surface area contributed by atoms with Crippen LogP contribution in [0, 0.1) is 18.7 Å². The first-order chi connectivity index (χ1) is 15.0. The van der Waals surface area contributed by atoms with Crippen molar-refractivity contribution in [2.75, 3.05) is 13.2 Å². The van der Waals surface area contributed by atoms with Crippen LogP contribution in [0.1, 0.15) is 36.5 Å². The normalized spacial score (nSPS) is 18.1. The maximum absolute atomic E-state index is 14.4. The van der Waals surface area contributed by atoms with E-state index in [1.807, 2.05) is 30.3 Å². The summed E-state index contributed by atoms with van der Waals surface area (Å²) in [6.45, 7) is 5.42. The molecule has 0 saturated carbocycles. The second kappa shape index (κ2) is 10.2. The second-order valence-corrected chi connectivity index (χ2v) is 7.23. The monoisotopic (exact) mass is 423 g/mol. The first-order valence-corrected chi connectivity index (χ1v) is 10.4. The van der Waals surface area contributed by atoms with Crippen LogP contribution < -0.4 is 0 Å². The zero-order chi connectivity index (χ0) is 22.4. The third kappa shape index (κ3) is 4.90. The van der Waals surface area contributed by atoms with Crippen molar-refractivity contribution in [3.63, 3.8) is 0 Å². The van der Waals surface area contributed by atoms with E-state index < -0.39 is 29.6 Å². The van der Waals surface area contributed by atoms with Crippen molar-refractivity contribution in [3.05, 3.63) is 82.3 Å². The molecule has 2 atom stereocenters. The number of aliphatic imine (C=N–C) groups is 1. The van der Waals surface area contributed by atoms with Crippen molar-refractivity contribution in [2.45, 2.75) is 33.1 Å². The fourth-order valence-corrected chi connectivity index (χ4v) is 3.81. The smallest absolute Gasteiger partial charge is 0.336 e. The Bertz CT molecular complexity index is 1010. The molecular formula is C25H26FNO4. The minimum absolute atomic E-state index is 0.170. The molecule has 0 aliphatic carbocycles. The molecule has 1 aliphatic heterocycles. The van der Waals surface area contributed by atoms with Gasteiger partial charge in [-0.2, -0.15) is 0 Å². The molecule has 0 amide bonds. The molecule has 1 heterocycles. The summed E-state index contributed by atoms with van der Waals surface area (Å²) in [5, 5.41) is 0. The molecule has 0 aromatic heterocycles. The number of carbonyl (C=O) groups is 2. The predicted molar refractivity (Wildman–Crippen MR) is 116 cm³/mol. The van der Waals surface area contributed by atoms with Crippen LogP contribution in [0.25, 0.3) is 0 Å². The fraction of sp³-hybridized carbons (Fsp3) is 0.320. The quantitative estimate of drug-likeness (QED) is 0.614. The Kier molecular flexibility index (Phi) is 7.34. The summed E-state index contributed by atoms with van der Waals surface area (Å²) < 4.78 is 25.0. The Balaban J connectivity index is 2.19. The van der Waals surface area contributed by atoms with Gasteiger partial charge in [0.2, 0.25) is 0 Å². The Morgan fingerprint density at radius 1 is 1.00 bits per heavy atom. The predicted octanol–water partition coefficient (Wildman–Crippen LogP) is 4.54. The lowest BCUT2D eigenvalue weighted by Gasteiger charge is -2.30. The number of nitrogens with zero attached hydrogens (tertiary/aromatic N) is 1. The lowest BCUT2D eigenvalue weighted by atomic mass is 9.76. The molecule has 5 nitrogen and oxygen atoms in total. The van der Waals surface area contributed by atoms with Crippen LogP contribution in [0.5, 0.6) is 0 Å². The maximum Gasteiger partial charge on any atom is 0.336 e. The summed E-state index contributed by atoms with van der Waals surface area (Å²) in [4.78, 5) is 30.4. The van der Waals surface area contributed by atoms with Crippen LogP contribution in [-0.2, 0) is 25.5 Å². The summed E-state index contributed by atoms with van der Waals surface area (Å²) in [5.41, 5.74) is 2.63. The number of ether oxygens (including phenoxy) is 2. The maximum atomic E-state index is 14.4. The number of hydrogen-bond acceptors (Lipinski definition) is 5. The van der Waals surface area contributed by atoms with Gasteiger partial charge in [-0.1, -0.05) is 42.5 Å². The summed E-state index contributed by atoms with van der Waals surface area (Å²) >= 11 is 0. The van der Waals surface area contributed by atoms with Crippen LogP contribution in [0.15, 0.2) is 64.8 Å². The van der Waals surface area contributed by atoms with Crippen molar-refractivity contribution in [3.8, 4) is 0 Å². The van der Waals surface area contributed by atoms with Crippen LogP contribution in [0.2, 0.25) is 0 Å². The average molecular weight is 423 g/mol. The molecule has 0 fully saturated rings. The van der Waals surface area contributed by atoms with Crippen LogP contribution in [-0.4, -0.2) is 31.4 Å². The summed E-state index contributed by atoms with van der Waals surface area (Å²) in [5.74, 6) is -3.10.